The number of hydrogen-bond acceptors (Lipinski definition) is 2. The zero-order chi connectivity index (χ0) is 15.0. The number of carboxylic acids is 1. The Labute approximate surface area is 118 Å². The summed E-state index contributed by atoms with van der Waals surface area (Å²) in [5, 5.41) is 9.64. The van der Waals surface area contributed by atoms with Gasteiger partial charge in [-0.25, -0.2) is 0 Å². The van der Waals surface area contributed by atoms with Crippen LogP contribution in [0.5, 0.6) is 0 Å². The standard InChI is InChI=1S/C16H31NO2/c1-11(2)16(5,6)13(14(18)19)10-15(3,4)17(7)12-8-9-12/h11-13H,8-10H2,1-7H3,(H,18,19). The highest BCUT2D eigenvalue weighted by atomic mass is 16.4. The van der Waals surface area contributed by atoms with Crippen molar-refractivity contribution in [3.63, 3.8) is 0 Å². The van der Waals surface area contributed by atoms with Gasteiger partial charge >= 0.3 is 5.97 Å². The van der Waals surface area contributed by atoms with E-state index in [-0.39, 0.29) is 16.9 Å². The van der Waals surface area contributed by atoms with Gasteiger partial charge in [-0.2, -0.15) is 0 Å². The molecule has 0 aromatic rings. The Morgan fingerprint density at radius 3 is 2.05 bits per heavy atom. The normalized spacial score (nSPS) is 19.0. The lowest BCUT2D eigenvalue weighted by atomic mass is 9.67. The summed E-state index contributed by atoms with van der Waals surface area (Å²) in [6.45, 7) is 12.8. The van der Waals surface area contributed by atoms with E-state index in [0.717, 1.165) is 0 Å². The maximum atomic E-state index is 11.7. The Kier molecular flexibility index (Phi) is 4.71. The molecule has 3 heteroatoms. The minimum atomic E-state index is -0.657. The van der Waals surface area contributed by atoms with Crippen molar-refractivity contribution in [2.45, 2.75) is 72.4 Å². The smallest absolute Gasteiger partial charge is 0.307 e. The minimum absolute atomic E-state index is 0.0591. The third-order valence-electron chi connectivity index (χ3n) is 5.44. The third-order valence-corrected chi connectivity index (χ3v) is 5.44. The maximum absolute atomic E-state index is 11.7. The second kappa shape index (κ2) is 5.43. The zero-order valence-corrected chi connectivity index (χ0v) is 13.7. The molecule has 1 saturated carbocycles. The summed E-state index contributed by atoms with van der Waals surface area (Å²) < 4.78 is 0. The molecule has 19 heavy (non-hydrogen) atoms. The molecule has 0 spiro atoms. The van der Waals surface area contributed by atoms with E-state index in [2.05, 4.69) is 53.5 Å². The average molecular weight is 269 g/mol. The lowest BCUT2D eigenvalue weighted by molar-refractivity contribution is -0.149. The highest BCUT2D eigenvalue weighted by Gasteiger charge is 2.44. The molecule has 112 valence electrons. The Balaban J connectivity index is 2.86. The van der Waals surface area contributed by atoms with Gasteiger partial charge in [0.2, 0.25) is 0 Å². The van der Waals surface area contributed by atoms with Crippen LogP contribution in [0.1, 0.15) is 60.8 Å². The molecule has 0 aromatic heterocycles. The Hall–Kier alpha value is -0.570. The Morgan fingerprint density at radius 2 is 1.74 bits per heavy atom. The molecule has 0 saturated heterocycles. The number of hydrogen-bond donors (Lipinski definition) is 1. The minimum Gasteiger partial charge on any atom is -0.481 e. The molecule has 1 N–H and O–H groups in total. The molecule has 1 unspecified atom stereocenters. The van der Waals surface area contributed by atoms with E-state index < -0.39 is 5.97 Å². The molecular formula is C16H31NO2. The molecule has 0 amide bonds. The van der Waals surface area contributed by atoms with Gasteiger partial charge in [0, 0.05) is 11.6 Å². The fourth-order valence-corrected chi connectivity index (χ4v) is 2.67. The average Bonchev–Trinajstić information content (AvgIpc) is 3.07. The van der Waals surface area contributed by atoms with Crippen LogP contribution in [0.4, 0.5) is 0 Å². The molecule has 0 heterocycles. The predicted molar refractivity (Wildman–Crippen MR) is 79.2 cm³/mol. The van der Waals surface area contributed by atoms with Crippen LogP contribution >= 0.6 is 0 Å². The molecule has 1 atom stereocenters. The summed E-state index contributed by atoms with van der Waals surface area (Å²) in [5.74, 6) is -0.602. The highest BCUT2D eigenvalue weighted by Crippen LogP contribution is 2.42. The first-order chi connectivity index (χ1) is 8.50. The van der Waals surface area contributed by atoms with Crippen LogP contribution in [0.25, 0.3) is 0 Å². The first kappa shape index (κ1) is 16.5. The quantitative estimate of drug-likeness (QED) is 0.767. The number of aliphatic carboxylic acids is 1. The van der Waals surface area contributed by atoms with Gasteiger partial charge in [-0.05, 0) is 51.5 Å². The number of rotatable bonds is 7. The van der Waals surface area contributed by atoms with Crippen molar-refractivity contribution in [1.82, 2.24) is 4.90 Å². The van der Waals surface area contributed by atoms with Crippen LogP contribution in [-0.4, -0.2) is 34.6 Å². The highest BCUT2D eigenvalue weighted by molar-refractivity contribution is 5.71. The number of carboxylic acid groups (broad SMARTS) is 1. The molecular weight excluding hydrogens is 238 g/mol. The summed E-state index contributed by atoms with van der Waals surface area (Å²) in [6, 6.07) is 0.659. The third kappa shape index (κ3) is 3.71. The molecule has 0 aromatic carbocycles. The lowest BCUT2D eigenvalue weighted by Crippen LogP contribution is -2.48. The fraction of sp³-hybridized carbons (Fsp3) is 0.938. The van der Waals surface area contributed by atoms with Crippen molar-refractivity contribution in [2.24, 2.45) is 17.3 Å². The van der Waals surface area contributed by atoms with Crippen LogP contribution in [-0.2, 0) is 4.79 Å². The van der Waals surface area contributed by atoms with E-state index in [1.807, 2.05) is 0 Å². The van der Waals surface area contributed by atoms with E-state index in [9.17, 15) is 9.90 Å². The molecule has 0 bridgehead atoms. The van der Waals surface area contributed by atoms with Crippen molar-refractivity contribution < 1.29 is 9.90 Å². The molecule has 1 aliphatic carbocycles. The van der Waals surface area contributed by atoms with Crippen molar-refractivity contribution in [2.75, 3.05) is 7.05 Å². The molecule has 1 aliphatic rings. The molecule has 3 nitrogen and oxygen atoms in total. The molecule has 0 aliphatic heterocycles. The summed E-state index contributed by atoms with van der Waals surface area (Å²) in [6.07, 6.45) is 3.22. The lowest BCUT2D eigenvalue weighted by Gasteiger charge is -2.43. The SMILES string of the molecule is CC(C)C(C)(C)C(CC(C)(C)N(C)C1CC1)C(=O)O. The van der Waals surface area contributed by atoms with E-state index in [1.165, 1.54) is 12.8 Å². The first-order valence-electron chi connectivity index (χ1n) is 7.46. The van der Waals surface area contributed by atoms with Crippen molar-refractivity contribution in [3.05, 3.63) is 0 Å². The number of nitrogens with zero attached hydrogens (tertiary/aromatic N) is 1. The molecule has 1 fully saturated rings. The first-order valence-corrected chi connectivity index (χ1v) is 7.46. The molecule has 1 rings (SSSR count). The van der Waals surface area contributed by atoms with Gasteiger partial charge in [0.25, 0.3) is 0 Å². The summed E-state index contributed by atoms with van der Waals surface area (Å²) >= 11 is 0. The maximum Gasteiger partial charge on any atom is 0.307 e. The molecule has 0 radical (unpaired) electrons. The second-order valence-corrected chi connectivity index (χ2v) is 7.73. The number of carbonyl (C=O) groups is 1. The van der Waals surface area contributed by atoms with Gasteiger partial charge in [0.1, 0.15) is 0 Å². The monoisotopic (exact) mass is 269 g/mol. The van der Waals surface area contributed by atoms with Crippen LogP contribution in [0, 0.1) is 17.3 Å². The van der Waals surface area contributed by atoms with Crippen molar-refractivity contribution >= 4 is 5.97 Å². The summed E-state index contributed by atoms with van der Waals surface area (Å²) in [4.78, 5) is 14.1. The largest absolute Gasteiger partial charge is 0.481 e. The summed E-state index contributed by atoms with van der Waals surface area (Å²) in [5.41, 5.74) is -0.246. The van der Waals surface area contributed by atoms with Crippen LogP contribution in [0.2, 0.25) is 0 Å². The van der Waals surface area contributed by atoms with Crippen molar-refractivity contribution in [1.29, 1.82) is 0 Å². The topological polar surface area (TPSA) is 40.5 Å². The van der Waals surface area contributed by atoms with E-state index in [4.69, 9.17) is 0 Å². The second-order valence-electron chi connectivity index (χ2n) is 7.73. The van der Waals surface area contributed by atoms with Gasteiger partial charge < -0.3 is 5.11 Å². The van der Waals surface area contributed by atoms with Gasteiger partial charge in [0.05, 0.1) is 5.92 Å². The Morgan fingerprint density at radius 1 is 1.26 bits per heavy atom. The van der Waals surface area contributed by atoms with Crippen LogP contribution in [0.3, 0.4) is 0 Å². The van der Waals surface area contributed by atoms with Gasteiger partial charge in [-0.1, -0.05) is 27.7 Å². The summed E-state index contributed by atoms with van der Waals surface area (Å²) in [7, 11) is 2.14. The Bertz CT molecular complexity index is 330. The zero-order valence-electron chi connectivity index (χ0n) is 13.7. The van der Waals surface area contributed by atoms with Gasteiger partial charge in [-0.3, -0.25) is 9.69 Å². The van der Waals surface area contributed by atoms with Crippen LogP contribution < -0.4 is 0 Å². The van der Waals surface area contributed by atoms with Gasteiger partial charge in [0.15, 0.2) is 0 Å². The van der Waals surface area contributed by atoms with Crippen LogP contribution in [0.15, 0.2) is 0 Å². The van der Waals surface area contributed by atoms with E-state index >= 15 is 0 Å². The van der Waals surface area contributed by atoms with E-state index in [1.54, 1.807) is 0 Å². The predicted octanol–water partition coefficient (Wildman–Crippen LogP) is 3.63. The van der Waals surface area contributed by atoms with E-state index in [0.29, 0.717) is 18.4 Å². The van der Waals surface area contributed by atoms with Crippen molar-refractivity contribution in [3.8, 4) is 0 Å². The van der Waals surface area contributed by atoms with Gasteiger partial charge in [-0.15, -0.1) is 0 Å². The fourth-order valence-electron chi connectivity index (χ4n) is 2.67.